The monoisotopic (exact) mass is 333 g/mol. The van der Waals surface area contributed by atoms with Crippen molar-refractivity contribution in [1.29, 1.82) is 0 Å². The number of ether oxygens (including phenoxy) is 2. The third kappa shape index (κ3) is 4.43. The third-order valence-electron chi connectivity index (χ3n) is 3.54. The van der Waals surface area contributed by atoms with Crippen molar-refractivity contribution < 1.29 is 19.1 Å². The summed E-state index contributed by atoms with van der Waals surface area (Å²) in [6.45, 7) is 14.5. The lowest BCUT2D eigenvalue weighted by Gasteiger charge is -2.33. The fraction of sp³-hybridized carbons (Fsp3) is 0.526. The highest BCUT2D eigenvalue weighted by Crippen LogP contribution is 2.34. The number of aliphatic imine (C=N–C) groups is 1. The number of carbonyl (C=O) groups excluding carboxylic acids is 2. The van der Waals surface area contributed by atoms with Crippen LogP contribution >= 0.6 is 0 Å². The first kappa shape index (κ1) is 19.9. The van der Waals surface area contributed by atoms with Crippen LogP contribution in [0.1, 0.15) is 40.5 Å². The molecular weight excluding hydrogens is 306 g/mol. The van der Waals surface area contributed by atoms with E-state index in [1.54, 1.807) is 52.0 Å². The molecule has 0 saturated heterocycles. The van der Waals surface area contributed by atoms with Crippen LogP contribution in [-0.4, -0.2) is 35.9 Å². The third-order valence-corrected chi connectivity index (χ3v) is 3.54. The number of rotatable bonds is 8. The van der Waals surface area contributed by atoms with Gasteiger partial charge in [0.05, 0.1) is 12.2 Å². The second-order valence-electron chi connectivity index (χ2n) is 6.45. The maximum absolute atomic E-state index is 12.5. The van der Waals surface area contributed by atoms with Crippen molar-refractivity contribution in [3.05, 3.63) is 37.5 Å². The van der Waals surface area contributed by atoms with Crippen LogP contribution in [0.4, 0.5) is 0 Å². The molecule has 0 aromatic heterocycles. The Morgan fingerprint density at radius 1 is 1.00 bits per heavy atom. The summed E-state index contributed by atoms with van der Waals surface area (Å²) in [5.74, 6) is -0.879. The van der Waals surface area contributed by atoms with Crippen LogP contribution in [0.5, 0.6) is 0 Å². The molecule has 0 saturated carbocycles. The maximum Gasteiger partial charge on any atom is 0.338 e. The SMILES string of the molecule is C=CC[C@@]1(C(=O)OC(C)C)C=C[C@@](CC=C)(C(=O)OC(C)C)N=C1. The van der Waals surface area contributed by atoms with Crippen molar-refractivity contribution in [2.24, 2.45) is 10.4 Å². The minimum atomic E-state index is -1.19. The highest BCUT2D eigenvalue weighted by Gasteiger charge is 2.45. The van der Waals surface area contributed by atoms with Crippen LogP contribution in [0.25, 0.3) is 0 Å². The molecule has 1 rings (SSSR count). The molecule has 5 heteroatoms. The average Bonchev–Trinajstić information content (AvgIpc) is 2.48. The molecule has 0 bridgehead atoms. The summed E-state index contributed by atoms with van der Waals surface area (Å²) in [6, 6.07) is 0. The molecule has 1 heterocycles. The maximum atomic E-state index is 12.5. The molecule has 0 amide bonds. The van der Waals surface area contributed by atoms with E-state index in [0.717, 1.165) is 0 Å². The van der Waals surface area contributed by atoms with Crippen LogP contribution in [-0.2, 0) is 19.1 Å². The second-order valence-corrected chi connectivity index (χ2v) is 6.45. The molecule has 0 fully saturated rings. The summed E-state index contributed by atoms with van der Waals surface area (Å²) < 4.78 is 10.6. The van der Waals surface area contributed by atoms with Gasteiger partial charge in [-0.3, -0.25) is 9.79 Å². The van der Waals surface area contributed by atoms with E-state index in [1.807, 2.05) is 0 Å². The fourth-order valence-electron chi connectivity index (χ4n) is 2.35. The second kappa shape index (κ2) is 8.08. The molecule has 0 aromatic rings. The number of dihydropyridines is 1. The molecule has 5 nitrogen and oxygen atoms in total. The summed E-state index contributed by atoms with van der Waals surface area (Å²) in [6.07, 6.45) is 8.12. The largest absolute Gasteiger partial charge is 0.462 e. The number of hydrogen-bond donors (Lipinski definition) is 0. The first-order valence-corrected chi connectivity index (χ1v) is 8.12. The van der Waals surface area contributed by atoms with Gasteiger partial charge in [-0.2, -0.15) is 0 Å². The van der Waals surface area contributed by atoms with E-state index < -0.39 is 22.9 Å². The van der Waals surface area contributed by atoms with Crippen molar-refractivity contribution in [1.82, 2.24) is 0 Å². The van der Waals surface area contributed by atoms with Crippen LogP contribution in [0.3, 0.4) is 0 Å². The van der Waals surface area contributed by atoms with Gasteiger partial charge in [0.1, 0.15) is 5.41 Å². The molecule has 24 heavy (non-hydrogen) atoms. The Morgan fingerprint density at radius 2 is 1.54 bits per heavy atom. The zero-order valence-electron chi connectivity index (χ0n) is 15.0. The molecule has 132 valence electrons. The molecule has 0 aliphatic carbocycles. The van der Waals surface area contributed by atoms with Crippen LogP contribution in [0.15, 0.2) is 42.5 Å². The molecule has 0 radical (unpaired) electrons. The van der Waals surface area contributed by atoms with E-state index in [9.17, 15) is 9.59 Å². The van der Waals surface area contributed by atoms with Gasteiger partial charge in [-0.1, -0.05) is 18.2 Å². The first-order chi connectivity index (χ1) is 11.2. The Hall–Kier alpha value is -2.17. The topological polar surface area (TPSA) is 65.0 Å². The normalized spacial score (nSPS) is 25.6. The summed E-state index contributed by atoms with van der Waals surface area (Å²) >= 11 is 0. The minimum absolute atomic E-state index is 0.244. The average molecular weight is 333 g/mol. The molecule has 0 unspecified atom stereocenters. The Balaban J connectivity index is 3.18. The molecule has 1 aliphatic heterocycles. The van der Waals surface area contributed by atoms with Gasteiger partial charge in [-0.05, 0) is 40.2 Å². The lowest BCUT2D eigenvalue weighted by Crippen LogP contribution is -2.44. The molecule has 1 aliphatic rings. The Kier molecular flexibility index (Phi) is 6.70. The lowest BCUT2D eigenvalue weighted by atomic mass is 9.79. The zero-order valence-corrected chi connectivity index (χ0v) is 15.0. The van der Waals surface area contributed by atoms with Gasteiger partial charge in [-0.15, -0.1) is 13.2 Å². The Bertz CT molecular complexity index is 496. The van der Waals surface area contributed by atoms with Gasteiger partial charge >= 0.3 is 11.9 Å². The number of allylic oxidation sites excluding steroid dienone is 1. The molecule has 0 aromatic carbocycles. The van der Waals surface area contributed by atoms with Crippen LogP contribution in [0.2, 0.25) is 0 Å². The highest BCUT2D eigenvalue weighted by molar-refractivity contribution is 6.01. The molecule has 2 atom stereocenters. The summed E-state index contributed by atoms with van der Waals surface area (Å²) in [5, 5.41) is 0. The van der Waals surface area contributed by atoms with E-state index in [2.05, 4.69) is 18.2 Å². The number of hydrogen-bond acceptors (Lipinski definition) is 5. The van der Waals surface area contributed by atoms with Crippen LogP contribution in [0, 0.1) is 5.41 Å². The van der Waals surface area contributed by atoms with Gasteiger partial charge in [0.15, 0.2) is 5.54 Å². The standard InChI is InChI=1S/C19H27NO4/c1-7-9-18(16(21)23-14(3)4)11-12-19(10-8-2,20-13-18)17(22)24-15(5)6/h7-8,11-15H,1-2,9-10H2,3-6H3/t18-,19+/m1/s1. The van der Waals surface area contributed by atoms with E-state index in [4.69, 9.17) is 9.47 Å². The van der Waals surface area contributed by atoms with Crippen molar-refractivity contribution in [3.63, 3.8) is 0 Å². The summed E-state index contributed by atoms with van der Waals surface area (Å²) in [4.78, 5) is 29.4. The number of nitrogens with zero attached hydrogens (tertiary/aromatic N) is 1. The fourth-order valence-corrected chi connectivity index (χ4v) is 2.35. The quantitative estimate of drug-likeness (QED) is 0.504. The molecular formula is C19H27NO4. The van der Waals surface area contributed by atoms with E-state index in [-0.39, 0.29) is 18.6 Å². The van der Waals surface area contributed by atoms with E-state index >= 15 is 0 Å². The van der Waals surface area contributed by atoms with E-state index in [0.29, 0.717) is 6.42 Å². The minimum Gasteiger partial charge on any atom is -0.462 e. The molecule has 0 spiro atoms. The van der Waals surface area contributed by atoms with Gasteiger partial charge in [-0.25, -0.2) is 4.79 Å². The molecule has 0 N–H and O–H groups in total. The zero-order chi connectivity index (χ0) is 18.4. The Labute approximate surface area is 144 Å². The number of esters is 2. The number of carbonyl (C=O) groups is 2. The van der Waals surface area contributed by atoms with Gasteiger partial charge < -0.3 is 9.47 Å². The van der Waals surface area contributed by atoms with Crippen molar-refractivity contribution >= 4 is 18.2 Å². The predicted molar refractivity (Wildman–Crippen MR) is 94.9 cm³/mol. The lowest BCUT2D eigenvalue weighted by molar-refractivity contribution is -0.155. The van der Waals surface area contributed by atoms with Crippen molar-refractivity contribution in [3.8, 4) is 0 Å². The Morgan fingerprint density at radius 3 is 1.96 bits per heavy atom. The summed E-state index contributed by atoms with van der Waals surface area (Å²) in [7, 11) is 0. The van der Waals surface area contributed by atoms with Crippen molar-refractivity contribution in [2.45, 2.75) is 58.3 Å². The van der Waals surface area contributed by atoms with Gasteiger partial charge in [0.2, 0.25) is 0 Å². The smallest absolute Gasteiger partial charge is 0.338 e. The van der Waals surface area contributed by atoms with Crippen LogP contribution < -0.4 is 0 Å². The predicted octanol–water partition coefficient (Wildman–Crippen LogP) is 3.41. The highest BCUT2D eigenvalue weighted by atomic mass is 16.5. The first-order valence-electron chi connectivity index (χ1n) is 8.12. The van der Waals surface area contributed by atoms with Gasteiger partial charge in [0.25, 0.3) is 0 Å². The summed E-state index contributed by atoms with van der Waals surface area (Å²) in [5.41, 5.74) is -2.23. The van der Waals surface area contributed by atoms with Gasteiger partial charge in [0, 0.05) is 12.6 Å². The van der Waals surface area contributed by atoms with E-state index in [1.165, 1.54) is 6.21 Å². The van der Waals surface area contributed by atoms with Crippen molar-refractivity contribution in [2.75, 3.05) is 0 Å².